The fraction of sp³-hybridized carbons (Fsp3) is 0.280. The molecule has 1 aliphatic heterocycles. The number of amides is 3. The molecule has 1 heterocycles. The molecule has 0 spiro atoms. The van der Waals surface area contributed by atoms with Crippen molar-refractivity contribution >= 4 is 40.6 Å². The van der Waals surface area contributed by atoms with Gasteiger partial charge >= 0.3 is 0 Å². The van der Waals surface area contributed by atoms with Crippen LogP contribution in [0.5, 0.6) is 11.5 Å². The molecule has 0 radical (unpaired) electrons. The van der Waals surface area contributed by atoms with Gasteiger partial charge in [0.05, 0.1) is 11.5 Å². The van der Waals surface area contributed by atoms with Gasteiger partial charge in [-0.15, -0.1) is 0 Å². The SMILES string of the molecule is CCOc1cc(/C=C2\SC(=O)N(CC(=O)Nc3c(C)cc(C)cc3C)C2=O)ccc1OCC#N. The third-order valence-electron chi connectivity index (χ3n) is 4.97. The van der Waals surface area contributed by atoms with E-state index in [4.69, 9.17) is 14.7 Å². The molecular formula is C25H25N3O5S. The van der Waals surface area contributed by atoms with E-state index in [1.54, 1.807) is 24.3 Å². The highest BCUT2D eigenvalue weighted by molar-refractivity contribution is 8.18. The lowest BCUT2D eigenvalue weighted by molar-refractivity contribution is -0.127. The Kier molecular flexibility index (Phi) is 7.97. The molecule has 0 saturated carbocycles. The van der Waals surface area contributed by atoms with E-state index < -0.39 is 17.1 Å². The number of hydrogen-bond acceptors (Lipinski definition) is 7. The molecule has 0 unspecified atom stereocenters. The van der Waals surface area contributed by atoms with Gasteiger partial charge < -0.3 is 14.8 Å². The normalized spacial score (nSPS) is 14.3. The number of thioether (sulfide) groups is 1. The summed E-state index contributed by atoms with van der Waals surface area (Å²) in [7, 11) is 0. The van der Waals surface area contributed by atoms with Crippen molar-refractivity contribution in [2.24, 2.45) is 0 Å². The molecular weight excluding hydrogens is 454 g/mol. The van der Waals surface area contributed by atoms with Gasteiger partial charge in [0.1, 0.15) is 12.6 Å². The van der Waals surface area contributed by atoms with E-state index in [1.165, 1.54) is 0 Å². The third kappa shape index (κ3) is 5.77. The molecule has 3 rings (SSSR count). The fourth-order valence-electron chi connectivity index (χ4n) is 3.60. The molecule has 176 valence electrons. The average Bonchev–Trinajstić information content (AvgIpc) is 3.03. The smallest absolute Gasteiger partial charge is 0.294 e. The largest absolute Gasteiger partial charge is 0.490 e. The lowest BCUT2D eigenvalue weighted by Crippen LogP contribution is -2.36. The number of imide groups is 1. The van der Waals surface area contributed by atoms with Crippen LogP contribution in [0, 0.1) is 32.1 Å². The Morgan fingerprint density at radius 3 is 2.47 bits per heavy atom. The predicted octanol–water partition coefficient (Wildman–Crippen LogP) is 4.59. The summed E-state index contributed by atoms with van der Waals surface area (Å²) in [5.41, 5.74) is 4.20. The van der Waals surface area contributed by atoms with Crippen LogP contribution in [0.25, 0.3) is 6.08 Å². The number of nitrogens with one attached hydrogen (secondary N) is 1. The molecule has 1 fully saturated rings. The molecule has 9 heteroatoms. The Morgan fingerprint density at radius 1 is 1.12 bits per heavy atom. The maximum Gasteiger partial charge on any atom is 0.294 e. The van der Waals surface area contributed by atoms with Crippen molar-refractivity contribution in [3.63, 3.8) is 0 Å². The number of nitriles is 1. The van der Waals surface area contributed by atoms with Crippen LogP contribution >= 0.6 is 11.8 Å². The summed E-state index contributed by atoms with van der Waals surface area (Å²) in [5, 5.41) is 11.0. The summed E-state index contributed by atoms with van der Waals surface area (Å²) in [6, 6.07) is 10.8. The molecule has 3 amide bonds. The number of rotatable bonds is 8. The van der Waals surface area contributed by atoms with E-state index >= 15 is 0 Å². The number of aryl methyl sites for hydroxylation is 3. The zero-order chi connectivity index (χ0) is 24.8. The first kappa shape index (κ1) is 24.9. The van der Waals surface area contributed by atoms with Gasteiger partial charge in [0, 0.05) is 5.69 Å². The number of anilines is 1. The summed E-state index contributed by atoms with van der Waals surface area (Å²) >= 11 is 0.774. The second-order valence-corrected chi connectivity index (χ2v) is 8.67. The maximum atomic E-state index is 12.8. The summed E-state index contributed by atoms with van der Waals surface area (Å²) in [4.78, 5) is 39.1. The van der Waals surface area contributed by atoms with Crippen LogP contribution in [0.2, 0.25) is 0 Å². The highest BCUT2D eigenvalue weighted by Crippen LogP contribution is 2.34. The molecule has 1 N–H and O–H groups in total. The summed E-state index contributed by atoms with van der Waals surface area (Å²) < 4.78 is 10.9. The number of carbonyl (C=O) groups excluding carboxylic acids is 3. The summed E-state index contributed by atoms with van der Waals surface area (Å²) in [6.45, 7) is 7.47. The summed E-state index contributed by atoms with van der Waals surface area (Å²) in [5.74, 6) is -0.151. The molecule has 0 aliphatic carbocycles. The molecule has 34 heavy (non-hydrogen) atoms. The van der Waals surface area contributed by atoms with Gasteiger partial charge in [0.2, 0.25) is 5.91 Å². The van der Waals surface area contributed by atoms with Crippen molar-refractivity contribution in [2.75, 3.05) is 25.1 Å². The number of carbonyl (C=O) groups is 3. The van der Waals surface area contributed by atoms with Gasteiger partial charge in [0.15, 0.2) is 18.1 Å². The second-order valence-electron chi connectivity index (χ2n) is 7.68. The van der Waals surface area contributed by atoms with Crippen LogP contribution in [0.3, 0.4) is 0 Å². The minimum Gasteiger partial charge on any atom is -0.490 e. The molecule has 8 nitrogen and oxygen atoms in total. The minimum absolute atomic E-state index is 0.123. The third-order valence-corrected chi connectivity index (χ3v) is 5.88. The molecule has 0 atom stereocenters. The number of ether oxygens (including phenoxy) is 2. The van der Waals surface area contributed by atoms with Crippen LogP contribution < -0.4 is 14.8 Å². The maximum absolute atomic E-state index is 12.8. The minimum atomic E-state index is -0.537. The van der Waals surface area contributed by atoms with E-state index in [0.717, 1.165) is 33.4 Å². The molecule has 2 aromatic rings. The van der Waals surface area contributed by atoms with Crippen molar-refractivity contribution in [3.05, 3.63) is 57.5 Å². The van der Waals surface area contributed by atoms with Crippen molar-refractivity contribution in [2.45, 2.75) is 27.7 Å². The van der Waals surface area contributed by atoms with E-state index in [1.807, 2.05) is 45.9 Å². The average molecular weight is 480 g/mol. The quantitative estimate of drug-likeness (QED) is 0.552. The van der Waals surface area contributed by atoms with Crippen molar-refractivity contribution in [1.82, 2.24) is 4.90 Å². The number of hydrogen-bond donors (Lipinski definition) is 1. The van der Waals surface area contributed by atoms with Gasteiger partial charge in [0.25, 0.3) is 11.1 Å². The highest BCUT2D eigenvalue weighted by atomic mass is 32.2. The Bertz CT molecular complexity index is 1190. The van der Waals surface area contributed by atoms with Crippen LogP contribution in [0.4, 0.5) is 10.5 Å². The Labute approximate surface area is 202 Å². The Morgan fingerprint density at radius 2 is 1.82 bits per heavy atom. The number of benzene rings is 2. The molecule has 2 aromatic carbocycles. The zero-order valence-corrected chi connectivity index (χ0v) is 20.2. The molecule has 1 aliphatic rings. The lowest BCUT2D eigenvalue weighted by atomic mass is 10.1. The van der Waals surface area contributed by atoms with Gasteiger partial charge in [-0.25, -0.2) is 0 Å². The molecule has 0 bridgehead atoms. The zero-order valence-electron chi connectivity index (χ0n) is 19.4. The fourth-order valence-corrected chi connectivity index (χ4v) is 4.44. The topological polar surface area (TPSA) is 109 Å². The van der Waals surface area contributed by atoms with Gasteiger partial charge in [-0.3, -0.25) is 19.3 Å². The van der Waals surface area contributed by atoms with Crippen molar-refractivity contribution in [1.29, 1.82) is 5.26 Å². The monoisotopic (exact) mass is 479 g/mol. The molecule has 0 aromatic heterocycles. The van der Waals surface area contributed by atoms with E-state index in [2.05, 4.69) is 5.32 Å². The van der Waals surface area contributed by atoms with E-state index in [9.17, 15) is 14.4 Å². The first-order valence-corrected chi connectivity index (χ1v) is 11.4. The number of nitrogens with zero attached hydrogens (tertiary/aromatic N) is 2. The van der Waals surface area contributed by atoms with Crippen molar-refractivity contribution < 1.29 is 23.9 Å². The van der Waals surface area contributed by atoms with Crippen LogP contribution in [0.15, 0.2) is 35.2 Å². The molecule has 1 saturated heterocycles. The standard InChI is InChI=1S/C25H25N3O5S/c1-5-32-20-12-18(6-7-19(20)33-9-8-26)13-21-24(30)28(25(31)34-21)14-22(29)27-23-16(3)10-15(2)11-17(23)4/h6-7,10-13H,5,9,14H2,1-4H3,(H,27,29)/b21-13-. The lowest BCUT2D eigenvalue weighted by Gasteiger charge is -2.16. The van der Waals surface area contributed by atoms with Gasteiger partial charge in [-0.1, -0.05) is 23.8 Å². The first-order valence-electron chi connectivity index (χ1n) is 10.6. The Balaban J connectivity index is 1.75. The predicted molar refractivity (Wildman–Crippen MR) is 131 cm³/mol. The van der Waals surface area contributed by atoms with Crippen molar-refractivity contribution in [3.8, 4) is 17.6 Å². The van der Waals surface area contributed by atoms with Crippen LogP contribution in [0.1, 0.15) is 29.2 Å². The van der Waals surface area contributed by atoms with Crippen LogP contribution in [-0.4, -0.2) is 41.7 Å². The summed E-state index contributed by atoms with van der Waals surface area (Å²) in [6.07, 6.45) is 1.56. The van der Waals surface area contributed by atoms with Gasteiger partial charge in [-0.2, -0.15) is 5.26 Å². The second kappa shape index (κ2) is 10.9. The first-order chi connectivity index (χ1) is 16.2. The van der Waals surface area contributed by atoms with E-state index in [0.29, 0.717) is 29.4 Å². The van der Waals surface area contributed by atoms with Gasteiger partial charge in [-0.05, 0) is 74.4 Å². The Hall–Kier alpha value is -3.77. The van der Waals surface area contributed by atoms with E-state index in [-0.39, 0.29) is 18.1 Å². The van der Waals surface area contributed by atoms with Crippen LogP contribution in [-0.2, 0) is 9.59 Å². The highest BCUT2D eigenvalue weighted by Gasteiger charge is 2.36.